The van der Waals surface area contributed by atoms with Gasteiger partial charge in [-0.05, 0) is 30.3 Å². The van der Waals surface area contributed by atoms with Crippen molar-refractivity contribution < 1.29 is 9.53 Å². The highest BCUT2D eigenvalue weighted by Crippen LogP contribution is 2.28. The number of benzene rings is 1. The van der Waals surface area contributed by atoms with Gasteiger partial charge < -0.3 is 10.1 Å². The Hall–Kier alpha value is -3.15. The number of amides is 1. The van der Waals surface area contributed by atoms with E-state index in [2.05, 4.69) is 15.4 Å². The van der Waals surface area contributed by atoms with Gasteiger partial charge in [0.05, 0.1) is 12.8 Å². The zero-order valence-electron chi connectivity index (χ0n) is 14.3. The maximum atomic E-state index is 12.4. The number of aromatic nitrogens is 3. The van der Waals surface area contributed by atoms with Crippen LogP contribution in [-0.4, -0.2) is 34.3 Å². The van der Waals surface area contributed by atoms with Gasteiger partial charge in [0.1, 0.15) is 11.4 Å². The summed E-state index contributed by atoms with van der Waals surface area (Å²) in [5.41, 5.74) is 3.01. The molecule has 1 N–H and O–H groups in total. The number of carbonyl (C=O) groups excluding carboxylic acids is 1. The van der Waals surface area contributed by atoms with E-state index in [0.29, 0.717) is 24.4 Å². The van der Waals surface area contributed by atoms with Crippen molar-refractivity contribution in [2.24, 2.45) is 7.05 Å². The van der Waals surface area contributed by atoms with E-state index in [1.54, 1.807) is 31.1 Å². The summed E-state index contributed by atoms with van der Waals surface area (Å²) >= 11 is 0. The maximum absolute atomic E-state index is 12.4. The minimum Gasteiger partial charge on any atom is -0.496 e. The molecule has 0 saturated heterocycles. The third-order valence-corrected chi connectivity index (χ3v) is 3.89. The molecule has 0 aliphatic carbocycles. The highest BCUT2D eigenvalue weighted by Gasteiger charge is 2.16. The molecule has 0 atom stereocenters. The normalized spacial score (nSPS) is 10.5. The number of hydrogen-bond donors (Lipinski definition) is 1. The lowest BCUT2D eigenvalue weighted by atomic mass is 10.1. The molecule has 0 saturated carbocycles. The Morgan fingerprint density at radius 1 is 1.20 bits per heavy atom. The van der Waals surface area contributed by atoms with E-state index in [-0.39, 0.29) is 5.91 Å². The minimum absolute atomic E-state index is 0.160. The molecule has 128 valence electrons. The van der Waals surface area contributed by atoms with Gasteiger partial charge in [0, 0.05) is 37.5 Å². The van der Waals surface area contributed by atoms with E-state index in [1.165, 1.54) is 0 Å². The number of rotatable bonds is 6. The summed E-state index contributed by atoms with van der Waals surface area (Å²) in [6.45, 7) is 0.519. The van der Waals surface area contributed by atoms with Gasteiger partial charge >= 0.3 is 0 Å². The largest absolute Gasteiger partial charge is 0.496 e. The summed E-state index contributed by atoms with van der Waals surface area (Å²) in [4.78, 5) is 16.7. The molecule has 0 radical (unpaired) electrons. The first-order valence-corrected chi connectivity index (χ1v) is 8.04. The zero-order chi connectivity index (χ0) is 17.6. The number of nitrogens with one attached hydrogen (secondary N) is 1. The number of methoxy groups -OCH3 is 1. The van der Waals surface area contributed by atoms with Crippen LogP contribution in [0, 0.1) is 0 Å². The molecule has 2 aromatic heterocycles. The highest BCUT2D eigenvalue weighted by atomic mass is 16.5. The Bertz CT molecular complexity index is 859. The molecule has 25 heavy (non-hydrogen) atoms. The fraction of sp³-hybridized carbons (Fsp3) is 0.211. The van der Waals surface area contributed by atoms with Crippen LogP contribution in [0.1, 0.15) is 16.2 Å². The average molecular weight is 336 g/mol. The third-order valence-electron chi connectivity index (χ3n) is 3.89. The van der Waals surface area contributed by atoms with Gasteiger partial charge in [-0.1, -0.05) is 18.2 Å². The molecular weight excluding hydrogens is 316 g/mol. The van der Waals surface area contributed by atoms with Gasteiger partial charge in [0.15, 0.2) is 0 Å². The van der Waals surface area contributed by atoms with Crippen molar-refractivity contribution in [2.75, 3.05) is 13.7 Å². The lowest BCUT2D eigenvalue weighted by Gasteiger charge is -2.04. The second-order valence-corrected chi connectivity index (χ2v) is 5.57. The molecule has 0 bridgehead atoms. The van der Waals surface area contributed by atoms with Crippen molar-refractivity contribution in [2.45, 2.75) is 6.42 Å². The van der Waals surface area contributed by atoms with Gasteiger partial charge in [-0.3, -0.25) is 14.5 Å². The lowest BCUT2D eigenvalue weighted by Crippen LogP contribution is -2.27. The van der Waals surface area contributed by atoms with E-state index in [0.717, 1.165) is 17.0 Å². The second kappa shape index (κ2) is 7.61. The first-order valence-electron chi connectivity index (χ1n) is 8.04. The molecule has 0 spiro atoms. The molecule has 2 heterocycles. The first-order chi connectivity index (χ1) is 12.2. The van der Waals surface area contributed by atoms with Crippen LogP contribution in [0.3, 0.4) is 0 Å². The van der Waals surface area contributed by atoms with E-state index in [4.69, 9.17) is 4.74 Å². The summed E-state index contributed by atoms with van der Waals surface area (Å²) in [6, 6.07) is 15.1. The number of nitrogens with zero attached hydrogens (tertiary/aromatic N) is 3. The predicted molar refractivity (Wildman–Crippen MR) is 95.5 cm³/mol. The third kappa shape index (κ3) is 3.85. The van der Waals surface area contributed by atoms with Crippen molar-refractivity contribution >= 4 is 5.91 Å². The van der Waals surface area contributed by atoms with Crippen LogP contribution in [0.4, 0.5) is 0 Å². The molecule has 6 nitrogen and oxygen atoms in total. The zero-order valence-corrected chi connectivity index (χ0v) is 14.3. The number of pyridine rings is 1. The van der Waals surface area contributed by atoms with Gasteiger partial charge in [-0.15, -0.1) is 0 Å². The summed E-state index contributed by atoms with van der Waals surface area (Å²) in [5, 5.41) is 7.35. The van der Waals surface area contributed by atoms with E-state index in [1.807, 2.05) is 42.5 Å². The lowest BCUT2D eigenvalue weighted by molar-refractivity contribution is 0.0944. The van der Waals surface area contributed by atoms with Crippen LogP contribution in [-0.2, 0) is 13.5 Å². The smallest absolute Gasteiger partial charge is 0.269 e. The average Bonchev–Trinajstić information content (AvgIpc) is 3.04. The molecule has 0 unspecified atom stereocenters. The maximum Gasteiger partial charge on any atom is 0.269 e. The minimum atomic E-state index is -0.160. The van der Waals surface area contributed by atoms with Gasteiger partial charge in [-0.2, -0.15) is 5.10 Å². The fourth-order valence-corrected chi connectivity index (χ4v) is 2.61. The number of para-hydroxylation sites is 1. The number of carbonyl (C=O) groups is 1. The number of ether oxygens (including phenoxy) is 1. The Kier molecular flexibility index (Phi) is 5.09. The summed E-state index contributed by atoms with van der Waals surface area (Å²) in [5.74, 6) is 0.565. The molecule has 0 aliphatic heterocycles. The van der Waals surface area contributed by atoms with Gasteiger partial charge in [-0.25, -0.2) is 0 Å². The second-order valence-electron chi connectivity index (χ2n) is 5.57. The molecule has 6 heteroatoms. The molecule has 1 amide bonds. The van der Waals surface area contributed by atoms with Crippen molar-refractivity contribution in [3.8, 4) is 17.0 Å². The first kappa shape index (κ1) is 16.7. The molecule has 3 aromatic rings. The van der Waals surface area contributed by atoms with Crippen molar-refractivity contribution in [3.63, 3.8) is 0 Å². The van der Waals surface area contributed by atoms with Crippen molar-refractivity contribution in [1.29, 1.82) is 0 Å². The standard InChI is InChI=1S/C19H20N4O2/c1-23-17(19(24)21-12-10-14-7-5-6-11-20-14)13-16(22-23)15-8-3-4-9-18(15)25-2/h3-9,11,13H,10,12H2,1-2H3,(H,21,24). The predicted octanol–water partition coefficient (Wildman–Crippen LogP) is 2.46. The number of hydrogen-bond acceptors (Lipinski definition) is 4. The van der Waals surface area contributed by atoms with Gasteiger partial charge in [0.2, 0.25) is 0 Å². The van der Waals surface area contributed by atoms with E-state index < -0.39 is 0 Å². The van der Waals surface area contributed by atoms with E-state index >= 15 is 0 Å². The Balaban J connectivity index is 1.70. The Morgan fingerprint density at radius 3 is 2.76 bits per heavy atom. The summed E-state index contributed by atoms with van der Waals surface area (Å²) in [6.07, 6.45) is 2.43. The Morgan fingerprint density at radius 2 is 2.00 bits per heavy atom. The highest BCUT2D eigenvalue weighted by molar-refractivity contribution is 5.93. The molecule has 0 aliphatic rings. The number of aryl methyl sites for hydroxylation is 1. The summed E-state index contributed by atoms with van der Waals surface area (Å²) in [7, 11) is 3.37. The molecule has 3 rings (SSSR count). The molecule has 1 aromatic carbocycles. The molecule has 0 fully saturated rings. The van der Waals surface area contributed by atoms with Gasteiger partial charge in [0.25, 0.3) is 5.91 Å². The van der Waals surface area contributed by atoms with Crippen LogP contribution < -0.4 is 10.1 Å². The fourth-order valence-electron chi connectivity index (χ4n) is 2.61. The topological polar surface area (TPSA) is 69.0 Å². The monoisotopic (exact) mass is 336 g/mol. The quantitative estimate of drug-likeness (QED) is 0.751. The van der Waals surface area contributed by atoms with Crippen LogP contribution in [0.15, 0.2) is 54.7 Å². The van der Waals surface area contributed by atoms with Crippen LogP contribution in [0.5, 0.6) is 5.75 Å². The van der Waals surface area contributed by atoms with Crippen LogP contribution in [0.2, 0.25) is 0 Å². The van der Waals surface area contributed by atoms with Crippen LogP contribution in [0.25, 0.3) is 11.3 Å². The van der Waals surface area contributed by atoms with Crippen molar-refractivity contribution in [1.82, 2.24) is 20.1 Å². The SMILES string of the molecule is COc1ccccc1-c1cc(C(=O)NCCc2ccccn2)n(C)n1. The molecular formula is C19H20N4O2. The van der Waals surface area contributed by atoms with E-state index in [9.17, 15) is 4.79 Å². The Labute approximate surface area is 146 Å². The van der Waals surface area contributed by atoms with Crippen LogP contribution >= 0.6 is 0 Å². The summed E-state index contributed by atoms with van der Waals surface area (Å²) < 4.78 is 6.95. The van der Waals surface area contributed by atoms with Crippen molar-refractivity contribution in [3.05, 3.63) is 66.1 Å².